The Kier molecular flexibility index (Phi) is 7.66. The molecule has 7 nitrogen and oxygen atoms in total. The molecule has 186 valence electrons. The molecule has 0 aliphatic heterocycles. The fourth-order valence-corrected chi connectivity index (χ4v) is 4.88. The van der Waals surface area contributed by atoms with Crippen molar-refractivity contribution in [3.63, 3.8) is 0 Å². The Bertz CT molecular complexity index is 1220. The van der Waals surface area contributed by atoms with Gasteiger partial charge in [0.2, 0.25) is 11.2 Å². The van der Waals surface area contributed by atoms with Gasteiger partial charge in [-0.05, 0) is 80.3 Å². The molecule has 0 saturated heterocycles. The van der Waals surface area contributed by atoms with E-state index < -0.39 is 0 Å². The minimum atomic E-state index is -0.0424. The highest BCUT2D eigenvalue weighted by atomic mass is 16.5. The standard InChI is InChI=1S/C28H34N2O5/c1-17(8-10-19-7-6-14-35-19)30-23-13-11-20-21(16-24(23)31)22(29-2)12-9-18-15-25(32-3)27(33-4)28(34-5)26(18)20/h6-7,11,13-17,22,29H,8-10,12H2,1-5H3,(H,30,31)/t17-,22+/m1/s1. The molecule has 0 fully saturated rings. The summed E-state index contributed by atoms with van der Waals surface area (Å²) in [5.41, 5.74) is 4.45. The number of benzene rings is 1. The molecule has 35 heavy (non-hydrogen) atoms. The molecule has 2 atom stereocenters. The molecule has 2 aromatic carbocycles. The lowest BCUT2D eigenvalue weighted by Crippen LogP contribution is -2.21. The van der Waals surface area contributed by atoms with Gasteiger partial charge < -0.3 is 29.3 Å². The van der Waals surface area contributed by atoms with Gasteiger partial charge in [0.05, 0.1) is 33.3 Å². The summed E-state index contributed by atoms with van der Waals surface area (Å²) < 4.78 is 22.5. The van der Waals surface area contributed by atoms with Gasteiger partial charge in [0, 0.05) is 24.1 Å². The number of hydrogen-bond donors (Lipinski definition) is 2. The van der Waals surface area contributed by atoms with Gasteiger partial charge in [0.25, 0.3) is 0 Å². The summed E-state index contributed by atoms with van der Waals surface area (Å²) >= 11 is 0. The Balaban J connectivity index is 1.79. The number of anilines is 1. The Morgan fingerprint density at radius 3 is 2.54 bits per heavy atom. The van der Waals surface area contributed by atoms with Crippen LogP contribution in [0.5, 0.6) is 17.2 Å². The molecule has 0 amide bonds. The van der Waals surface area contributed by atoms with Crippen LogP contribution in [0.4, 0.5) is 5.69 Å². The van der Waals surface area contributed by atoms with Gasteiger partial charge >= 0.3 is 0 Å². The third kappa shape index (κ3) is 5.00. The van der Waals surface area contributed by atoms with Crippen molar-refractivity contribution in [2.24, 2.45) is 0 Å². The van der Waals surface area contributed by atoms with Crippen molar-refractivity contribution >= 4 is 5.69 Å². The molecular weight excluding hydrogens is 444 g/mol. The van der Waals surface area contributed by atoms with Gasteiger partial charge in [-0.25, -0.2) is 0 Å². The van der Waals surface area contributed by atoms with E-state index in [1.165, 1.54) is 0 Å². The van der Waals surface area contributed by atoms with Crippen molar-refractivity contribution < 1.29 is 18.6 Å². The van der Waals surface area contributed by atoms with Crippen LogP contribution in [0.1, 0.15) is 42.7 Å². The van der Waals surface area contributed by atoms with Crippen molar-refractivity contribution in [2.75, 3.05) is 33.7 Å². The van der Waals surface area contributed by atoms with E-state index in [0.717, 1.165) is 53.7 Å². The molecule has 1 aromatic heterocycles. The number of hydrogen-bond acceptors (Lipinski definition) is 7. The largest absolute Gasteiger partial charge is 0.493 e. The van der Waals surface area contributed by atoms with Gasteiger partial charge in [-0.3, -0.25) is 4.79 Å². The summed E-state index contributed by atoms with van der Waals surface area (Å²) in [6, 6.07) is 11.6. The fourth-order valence-electron chi connectivity index (χ4n) is 4.88. The average molecular weight is 479 g/mol. The Labute approximate surface area is 206 Å². The molecule has 0 bridgehead atoms. The van der Waals surface area contributed by atoms with E-state index in [9.17, 15) is 4.79 Å². The van der Waals surface area contributed by atoms with E-state index in [1.807, 2.05) is 37.4 Å². The number of nitrogens with one attached hydrogen (secondary N) is 2. The molecule has 0 saturated carbocycles. The fraction of sp³-hybridized carbons (Fsp3) is 0.393. The number of fused-ring (bicyclic) bond motifs is 3. The van der Waals surface area contributed by atoms with E-state index in [2.05, 4.69) is 17.6 Å². The lowest BCUT2D eigenvalue weighted by Gasteiger charge is -2.19. The third-order valence-electron chi connectivity index (χ3n) is 6.69. The van der Waals surface area contributed by atoms with Crippen molar-refractivity contribution in [1.29, 1.82) is 0 Å². The first-order chi connectivity index (χ1) is 17.0. The van der Waals surface area contributed by atoms with E-state index in [-0.39, 0.29) is 17.5 Å². The lowest BCUT2D eigenvalue weighted by atomic mass is 9.95. The maximum Gasteiger partial charge on any atom is 0.203 e. The van der Waals surface area contributed by atoms with Crippen LogP contribution in [0.2, 0.25) is 0 Å². The van der Waals surface area contributed by atoms with Crippen molar-refractivity contribution in [1.82, 2.24) is 5.32 Å². The molecule has 1 aliphatic carbocycles. The molecule has 0 unspecified atom stereocenters. The monoisotopic (exact) mass is 478 g/mol. The number of rotatable bonds is 9. The first kappa shape index (κ1) is 24.7. The van der Waals surface area contributed by atoms with Crippen molar-refractivity contribution in [3.05, 3.63) is 69.8 Å². The van der Waals surface area contributed by atoms with Crippen LogP contribution in [0.3, 0.4) is 0 Å². The molecule has 3 aromatic rings. The summed E-state index contributed by atoms with van der Waals surface area (Å²) in [6.07, 6.45) is 4.97. The number of furan rings is 1. The van der Waals surface area contributed by atoms with Crippen LogP contribution < -0.4 is 30.3 Å². The highest BCUT2D eigenvalue weighted by Crippen LogP contribution is 2.50. The van der Waals surface area contributed by atoms with Crippen LogP contribution in [0.15, 0.2) is 51.9 Å². The van der Waals surface area contributed by atoms with E-state index in [4.69, 9.17) is 18.6 Å². The quantitative estimate of drug-likeness (QED) is 0.449. The summed E-state index contributed by atoms with van der Waals surface area (Å²) in [7, 11) is 6.79. The van der Waals surface area contributed by atoms with Crippen LogP contribution >= 0.6 is 0 Å². The SMILES string of the molecule is CN[C@H]1CCc2cc(OC)c(OC)c(OC)c2-c2ccc(N[C@H](C)CCc3ccco3)c(=O)cc21. The maximum atomic E-state index is 13.3. The van der Waals surface area contributed by atoms with Gasteiger partial charge in [-0.2, -0.15) is 0 Å². The predicted octanol–water partition coefficient (Wildman–Crippen LogP) is 4.97. The number of methoxy groups -OCH3 is 3. The number of ether oxygens (including phenoxy) is 3. The third-order valence-corrected chi connectivity index (χ3v) is 6.69. The summed E-state index contributed by atoms with van der Waals surface area (Å²) in [4.78, 5) is 13.3. The van der Waals surface area contributed by atoms with Crippen molar-refractivity contribution in [2.45, 2.75) is 44.7 Å². The zero-order chi connectivity index (χ0) is 24.9. The average Bonchev–Trinajstić information content (AvgIpc) is 3.29. The summed E-state index contributed by atoms with van der Waals surface area (Å²) in [6.45, 7) is 2.08. The summed E-state index contributed by atoms with van der Waals surface area (Å²) in [5, 5.41) is 6.80. The second kappa shape index (κ2) is 10.9. The van der Waals surface area contributed by atoms with E-state index in [0.29, 0.717) is 22.9 Å². The molecule has 0 spiro atoms. The van der Waals surface area contributed by atoms with Gasteiger partial charge in [-0.1, -0.05) is 6.07 Å². The molecule has 1 heterocycles. The first-order valence-electron chi connectivity index (χ1n) is 12.0. The Morgan fingerprint density at radius 1 is 1.09 bits per heavy atom. The second-order valence-corrected chi connectivity index (χ2v) is 8.85. The van der Waals surface area contributed by atoms with Gasteiger partial charge in [-0.15, -0.1) is 0 Å². The molecule has 0 radical (unpaired) electrons. The van der Waals surface area contributed by atoms with Gasteiger partial charge in [0.1, 0.15) is 5.76 Å². The number of aryl methyl sites for hydroxylation is 2. The van der Waals surface area contributed by atoms with Gasteiger partial charge in [0.15, 0.2) is 11.5 Å². The molecular formula is C28H34N2O5. The zero-order valence-corrected chi connectivity index (χ0v) is 21.1. The maximum absolute atomic E-state index is 13.3. The Morgan fingerprint density at radius 2 is 1.89 bits per heavy atom. The normalized spacial score (nSPS) is 15.4. The molecule has 7 heteroatoms. The molecule has 4 rings (SSSR count). The Hall–Kier alpha value is -3.45. The highest BCUT2D eigenvalue weighted by molar-refractivity contribution is 5.83. The van der Waals surface area contributed by atoms with Crippen LogP contribution in [-0.2, 0) is 12.8 Å². The lowest BCUT2D eigenvalue weighted by molar-refractivity contribution is 0.324. The summed E-state index contributed by atoms with van der Waals surface area (Å²) in [5.74, 6) is 2.72. The first-order valence-corrected chi connectivity index (χ1v) is 12.0. The van der Waals surface area contributed by atoms with Crippen molar-refractivity contribution in [3.8, 4) is 28.4 Å². The molecule has 1 aliphatic rings. The van der Waals surface area contributed by atoms with Crippen LogP contribution in [-0.4, -0.2) is 34.4 Å². The zero-order valence-electron chi connectivity index (χ0n) is 21.1. The topological polar surface area (TPSA) is 82.0 Å². The highest BCUT2D eigenvalue weighted by Gasteiger charge is 2.28. The van der Waals surface area contributed by atoms with E-state index >= 15 is 0 Å². The molecule has 2 N–H and O–H groups in total. The predicted molar refractivity (Wildman–Crippen MR) is 138 cm³/mol. The van der Waals surface area contributed by atoms with Crippen LogP contribution in [0, 0.1) is 0 Å². The van der Waals surface area contributed by atoms with Crippen LogP contribution in [0.25, 0.3) is 11.1 Å². The second-order valence-electron chi connectivity index (χ2n) is 8.85. The minimum absolute atomic E-state index is 0.0171. The van der Waals surface area contributed by atoms with E-state index in [1.54, 1.807) is 33.7 Å². The smallest absolute Gasteiger partial charge is 0.203 e. The minimum Gasteiger partial charge on any atom is -0.493 e.